The first-order valence-corrected chi connectivity index (χ1v) is 6.51. The quantitative estimate of drug-likeness (QED) is 0.852. The van der Waals surface area contributed by atoms with Crippen LogP contribution in [-0.2, 0) is 4.74 Å². The van der Waals surface area contributed by atoms with Gasteiger partial charge in [0.1, 0.15) is 17.2 Å². The summed E-state index contributed by atoms with van der Waals surface area (Å²) in [7, 11) is 1.62. The smallest absolute Gasteiger partial charge is 0.259 e. The van der Waals surface area contributed by atoms with Crippen LogP contribution >= 0.6 is 0 Å². The minimum Gasteiger partial charge on any atom is -0.381 e. The van der Waals surface area contributed by atoms with E-state index in [-0.39, 0.29) is 11.7 Å². The number of hydrogen-bond acceptors (Lipinski definition) is 2. The monoisotopic (exact) mass is 281 g/mol. The molecule has 0 aliphatic carbocycles. The van der Waals surface area contributed by atoms with Gasteiger partial charge in [0.25, 0.3) is 5.91 Å². The van der Waals surface area contributed by atoms with Crippen molar-refractivity contribution in [2.24, 2.45) is 0 Å². The number of methoxy groups -OCH3 is 1. The van der Waals surface area contributed by atoms with Crippen LogP contribution < -0.4 is 0 Å². The van der Waals surface area contributed by atoms with Crippen molar-refractivity contribution < 1.29 is 18.3 Å². The SMILES string of the molecule is C=Cc1ccc(F)c(C(=O)N2CCC(OC)CC2)c1F. The molecule has 0 atom stereocenters. The van der Waals surface area contributed by atoms with Crippen LogP contribution in [0.25, 0.3) is 6.08 Å². The molecule has 0 aromatic heterocycles. The summed E-state index contributed by atoms with van der Waals surface area (Å²) in [5, 5.41) is 0. The van der Waals surface area contributed by atoms with Crippen molar-refractivity contribution in [3.8, 4) is 0 Å². The van der Waals surface area contributed by atoms with Crippen LogP contribution in [0, 0.1) is 11.6 Å². The first-order chi connectivity index (χ1) is 9.58. The summed E-state index contributed by atoms with van der Waals surface area (Å²) in [6.45, 7) is 4.33. The number of amides is 1. The first kappa shape index (κ1) is 14.7. The number of piperidine rings is 1. The number of carbonyl (C=O) groups excluding carboxylic acids is 1. The predicted octanol–water partition coefficient (Wildman–Crippen LogP) is 2.86. The van der Waals surface area contributed by atoms with Crippen LogP contribution in [0.5, 0.6) is 0 Å². The van der Waals surface area contributed by atoms with Crippen LogP contribution in [-0.4, -0.2) is 37.1 Å². The second kappa shape index (κ2) is 6.13. The van der Waals surface area contributed by atoms with Gasteiger partial charge in [-0.15, -0.1) is 0 Å². The van der Waals surface area contributed by atoms with Crippen LogP contribution in [0.1, 0.15) is 28.8 Å². The standard InChI is InChI=1S/C15H17F2NO2/c1-3-10-4-5-12(16)13(14(10)17)15(19)18-8-6-11(20-2)7-9-18/h3-5,11H,1,6-9H2,2H3. The van der Waals surface area contributed by atoms with E-state index in [0.29, 0.717) is 25.9 Å². The van der Waals surface area contributed by atoms with Gasteiger partial charge in [-0.25, -0.2) is 8.78 Å². The van der Waals surface area contributed by atoms with Crippen molar-refractivity contribution in [2.75, 3.05) is 20.2 Å². The van der Waals surface area contributed by atoms with Gasteiger partial charge >= 0.3 is 0 Å². The largest absolute Gasteiger partial charge is 0.381 e. The van der Waals surface area contributed by atoms with Gasteiger partial charge in [-0.3, -0.25) is 4.79 Å². The van der Waals surface area contributed by atoms with Crippen molar-refractivity contribution >= 4 is 12.0 Å². The highest BCUT2D eigenvalue weighted by Gasteiger charge is 2.28. The molecular formula is C15H17F2NO2. The molecular weight excluding hydrogens is 264 g/mol. The minimum absolute atomic E-state index is 0.105. The molecule has 0 radical (unpaired) electrons. The number of hydrogen-bond donors (Lipinski definition) is 0. The molecule has 2 rings (SSSR count). The van der Waals surface area contributed by atoms with Gasteiger partial charge in [0.05, 0.1) is 6.10 Å². The second-order valence-corrected chi connectivity index (χ2v) is 4.76. The average molecular weight is 281 g/mol. The van der Waals surface area contributed by atoms with Crippen molar-refractivity contribution in [1.29, 1.82) is 0 Å². The third kappa shape index (κ3) is 2.72. The normalized spacial score (nSPS) is 16.2. The maximum absolute atomic E-state index is 14.1. The van der Waals surface area contributed by atoms with Crippen LogP contribution in [0.3, 0.4) is 0 Å². The van der Waals surface area contributed by atoms with Crippen LogP contribution in [0.15, 0.2) is 18.7 Å². The Morgan fingerprint density at radius 3 is 2.60 bits per heavy atom. The van der Waals surface area contributed by atoms with Gasteiger partial charge in [-0.1, -0.05) is 12.7 Å². The summed E-state index contributed by atoms with van der Waals surface area (Å²) in [5.74, 6) is -2.30. The summed E-state index contributed by atoms with van der Waals surface area (Å²) in [4.78, 5) is 13.7. The number of halogens is 2. The van der Waals surface area contributed by atoms with E-state index < -0.39 is 23.1 Å². The zero-order chi connectivity index (χ0) is 14.7. The average Bonchev–Trinajstić information content (AvgIpc) is 2.47. The fourth-order valence-corrected chi connectivity index (χ4v) is 2.38. The summed E-state index contributed by atoms with van der Waals surface area (Å²) in [6.07, 6.45) is 2.72. The third-order valence-corrected chi connectivity index (χ3v) is 3.62. The van der Waals surface area contributed by atoms with Gasteiger partial charge in [-0.05, 0) is 25.0 Å². The Hall–Kier alpha value is -1.75. The number of ether oxygens (including phenoxy) is 1. The van der Waals surface area contributed by atoms with Crippen LogP contribution in [0.4, 0.5) is 8.78 Å². The maximum Gasteiger partial charge on any atom is 0.259 e. The van der Waals surface area contributed by atoms with Crippen molar-refractivity contribution in [3.05, 3.63) is 41.5 Å². The summed E-state index contributed by atoms with van der Waals surface area (Å²) in [6, 6.07) is 2.36. The highest BCUT2D eigenvalue weighted by atomic mass is 19.1. The molecule has 1 aliphatic heterocycles. The van der Waals surface area contributed by atoms with E-state index in [1.807, 2.05) is 0 Å². The van der Waals surface area contributed by atoms with E-state index in [4.69, 9.17) is 4.74 Å². The minimum atomic E-state index is -0.848. The molecule has 1 aromatic rings. The molecule has 20 heavy (non-hydrogen) atoms. The van der Waals surface area contributed by atoms with E-state index in [0.717, 1.165) is 6.07 Å². The predicted molar refractivity (Wildman–Crippen MR) is 72.4 cm³/mol. The highest BCUT2D eigenvalue weighted by Crippen LogP contribution is 2.22. The first-order valence-electron chi connectivity index (χ1n) is 6.51. The number of likely N-dealkylation sites (tertiary alicyclic amines) is 1. The lowest BCUT2D eigenvalue weighted by Gasteiger charge is -2.31. The van der Waals surface area contributed by atoms with E-state index in [2.05, 4.69) is 6.58 Å². The zero-order valence-corrected chi connectivity index (χ0v) is 11.4. The maximum atomic E-state index is 14.1. The third-order valence-electron chi connectivity index (χ3n) is 3.62. The van der Waals surface area contributed by atoms with Crippen molar-refractivity contribution in [1.82, 2.24) is 4.90 Å². The zero-order valence-electron chi connectivity index (χ0n) is 11.4. The Morgan fingerprint density at radius 2 is 2.05 bits per heavy atom. The molecule has 1 aromatic carbocycles. The van der Waals surface area contributed by atoms with E-state index in [1.165, 1.54) is 17.0 Å². The molecule has 0 unspecified atom stereocenters. The Morgan fingerprint density at radius 1 is 1.40 bits per heavy atom. The topological polar surface area (TPSA) is 29.5 Å². The van der Waals surface area contributed by atoms with Gasteiger partial charge in [0, 0.05) is 25.8 Å². The molecule has 1 aliphatic rings. The Kier molecular flexibility index (Phi) is 4.49. The molecule has 1 saturated heterocycles. The Balaban J connectivity index is 2.24. The molecule has 3 nitrogen and oxygen atoms in total. The molecule has 108 valence electrons. The van der Waals surface area contributed by atoms with E-state index in [1.54, 1.807) is 7.11 Å². The lowest BCUT2D eigenvalue weighted by molar-refractivity contribution is 0.0346. The van der Waals surface area contributed by atoms with E-state index in [9.17, 15) is 13.6 Å². The summed E-state index contributed by atoms with van der Waals surface area (Å²) in [5.41, 5.74) is -0.375. The Labute approximate surface area is 116 Å². The number of nitrogens with zero attached hydrogens (tertiary/aromatic N) is 1. The van der Waals surface area contributed by atoms with Gasteiger partial charge in [-0.2, -0.15) is 0 Å². The van der Waals surface area contributed by atoms with Crippen molar-refractivity contribution in [2.45, 2.75) is 18.9 Å². The molecule has 0 bridgehead atoms. The highest BCUT2D eigenvalue weighted by molar-refractivity contribution is 5.95. The second-order valence-electron chi connectivity index (χ2n) is 4.76. The van der Waals surface area contributed by atoms with Crippen LogP contribution in [0.2, 0.25) is 0 Å². The number of rotatable bonds is 3. The lowest BCUT2D eigenvalue weighted by atomic mass is 10.0. The summed E-state index contributed by atoms with van der Waals surface area (Å²) >= 11 is 0. The Bertz CT molecular complexity index is 523. The number of benzene rings is 1. The van der Waals surface area contributed by atoms with E-state index >= 15 is 0 Å². The fourth-order valence-electron chi connectivity index (χ4n) is 2.38. The molecule has 1 amide bonds. The van der Waals surface area contributed by atoms with Gasteiger partial charge in [0.15, 0.2) is 0 Å². The lowest BCUT2D eigenvalue weighted by Crippen LogP contribution is -2.41. The van der Waals surface area contributed by atoms with Gasteiger partial charge < -0.3 is 9.64 Å². The van der Waals surface area contributed by atoms with Crippen molar-refractivity contribution in [3.63, 3.8) is 0 Å². The molecule has 0 spiro atoms. The van der Waals surface area contributed by atoms with Gasteiger partial charge in [0.2, 0.25) is 0 Å². The molecule has 5 heteroatoms. The molecule has 0 saturated carbocycles. The fraction of sp³-hybridized carbons (Fsp3) is 0.400. The molecule has 0 N–H and O–H groups in total. The number of carbonyl (C=O) groups is 1. The summed E-state index contributed by atoms with van der Waals surface area (Å²) < 4.78 is 33.1. The molecule has 1 heterocycles. The molecule has 1 fully saturated rings.